The van der Waals surface area contributed by atoms with Gasteiger partial charge in [-0.3, -0.25) is 0 Å². The second-order valence-electron chi connectivity index (χ2n) is 3.24. The Kier molecular flexibility index (Phi) is 26.1. The molecule has 2 unspecified atom stereocenters. The molecular formula is C14H34. The lowest BCUT2D eigenvalue weighted by atomic mass is 9.82. The molecule has 0 saturated heterocycles. The van der Waals surface area contributed by atoms with Crippen LogP contribution in [0.3, 0.4) is 0 Å². The van der Waals surface area contributed by atoms with Crippen LogP contribution < -0.4 is 0 Å². The maximum absolute atomic E-state index is 2.38. The summed E-state index contributed by atoms with van der Waals surface area (Å²) in [6, 6.07) is 0. The third-order valence-corrected chi connectivity index (χ3v) is 2.54. The van der Waals surface area contributed by atoms with Crippen LogP contribution in [0.2, 0.25) is 0 Å². The Morgan fingerprint density at radius 1 is 0.571 bits per heavy atom. The maximum Gasteiger partial charge on any atom is -0.0417 e. The van der Waals surface area contributed by atoms with Crippen molar-refractivity contribution in [3.05, 3.63) is 0 Å². The van der Waals surface area contributed by atoms with Crippen LogP contribution in [-0.4, -0.2) is 0 Å². The summed E-state index contributed by atoms with van der Waals surface area (Å²) in [6.45, 7) is 16.8. The summed E-state index contributed by atoms with van der Waals surface area (Å²) in [5.41, 5.74) is 0. The zero-order valence-electron chi connectivity index (χ0n) is 12.0. The monoisotopic (exact) mass is 202 g/mol. The van der Waals surface area contributed by atoms with Gasteiger partial charge in [0.2, 0.25) is 0 Å². The van der Waals surface area contributed by atoms with E-state index in [1.165, 1.54) is 25.7 Å². The lowest BCUT2D eigenvalue weighted by molar-refractivity contribution is 0.277. The Morgan fingerprint density at radius 3 is 0.929 bits per heavy atom. The molecule has 0 aromatic heterocycles. The molecule has 0 aromatic carbocycles. The normalized spacial score (nSPS) is 24.0. The van der Waals surface area contributed by atoms with E-state index in [4.69, 9.17) is 0 Å². The fraction of sp³-hybridized carbons (Fsp3) is 1.00. The van der Waals surface area contributed by atoms with Crippen molar-refractivity contribution in [1.82, 2.24) is 0 Å². The zero-order valence-corrected chi connectivity index (χ0v) is 12.0. The average Bonchev–Trinajstić information content (AvgIpc) is 2.31. The van der Waals surface area contributed by atoms with Crippen molar-refractivity contribution in [3.8, 4) is 0 Å². The first-order valence-electron chi connectivity index (χ1n) is 6.80. The number of rotatable bonds is 0. The Morgan fingerprint density at radius 2 is 0.786 bits per heavy atom. The van der Waals surface area contributed by atoms with Crippen LogP contribution in [0.5, 0.6) is 0 Å². The quantitative estimate of drug-likeness (QED) is 0.458. The lowest BCUT2D eigenvalue weighted by Crippen LogP contribution is -2.12. The topological polar surface area (TPSA) is 0 Å². The van der Waals surface area contributed by atoms with Gasteiger partial charge >= 0.3 is 0 Å². The van der Waals surface area contributed by atoms with Gasteiger partial charge in [0.05, 0.1) is 0 Å². The highest BCUT2D eigenvalue weighted by Crippen LogP contribution is 2.28. The van der Waals surface area contributed by atoms with Crippen LogP contribution in [0.25, 0.3) is 0 Å². The van der Waals surface area contributed by atoms with Crippen LogP contribution in [0, 0.1) is 11.8 Å². The first-order valence-corrected chi connectivity index (χ1v) is 6.80. The van der Waals surface area contributed by atoms with Crippen molar-refractivity contribution in [2.24, 2.45) is 11.8 Å². The van der Waals surface area contributed by atoms with Gasteiger partial charge < -0.3 is 0 Å². The molecule has 14 heavy (non-hydrogen) atoms. The first kappa shape index (κ1) is 19.6. The van der Waals surface area contributed by atoms with E-state index in [0.29, 0.717) is 0 Å². The Balaban J connectivity index is -0.000000174. The van der Waals surface area contributed by atoms with Gasteiger partial charge in [-0.05, 0) is 11.8 Å². The minimum absolute atomic E-state index is 1.00. The standard InChI is InChI=1S/C8H16.3C2H6/c1-7-5-3-4-6-8(7)2;3*1-2/h7-8H,3-6H2,1-2H3;3*1-2H3. The minimum atomic E-state index is 1.00. The molecule has 1 aliphatic carbocycles. The third kappa shape index (κ3) is 12.0. The molecule has 0 radical (unpaired) electrons. The van der Waals surface area contributed by atoms with E-state index >= 15 is 0 Å². The van der Waals surface area contributed by atoms with Crippen molar-refractivity contribution in [2.45, 2.75) is 81.1 Å². The average molecular weight is 202 g/mol. The highest BCUT2D eigenvalue weighted by molar-refractivity contribution is 4.67. The van der Waals surface area contributed by atoms with Crippen LogP contribution in [-0.2, 0) is 0 Å². The molecule has 90 valence electrons. The molecule has 1 aliphatic rings. The van der Waals surface area contributed by atoms with E-state index in [2.05, 4.69) is 13.8 Å². The molecule has 1 fully saturated rings. The Labute approximate surface area is 93.5 Å². The summed E-state index contributed by atoms with van der Waals surface area (Å²) in [4.78, 5) is 0. The van der Waals surface area contributed by atoms with Gasteiger partial charge in [0.1, 0.15) is 0 Å². The first-order chi connectivity index (χ1) is 6.80. The zero-order chi connectivity index (χ0) is 12.0. The highest BCUT2D eigenvalue weighted by atomic mass is 14.2. The number of hydrogen-bond acceptors (Lipinski definition) is 0. The molecule has 2 atom stereocenters. The van der Waals surface area contributed by atoms with Gasteiger partial charge in [0.25, 0.3) is 0 Å². The second-order valence-corrected chi connectivity index (χ2v) is 3.24. The van der Waals surface area contributed by atoms with Crippen molar-refractivity contribution in [3.63, 3.8) is 0 Å². The van der Waals surface area contributed by atoms with E-state index < -0.39 is 0 Å². The summed E-state index contributed by atoms with van der Waals surface area (Å²) in [7, 11) is 0. The van der Waals surface area contributed by atoms with Crippen LogP contribution >= 0.6 is 0 Å². The molecule has 0 amide bonds. The molecular weight excluding hydrogens is 168 g/mol. The predicted molar refractivity (Wildman–Crippen MR) is 70.8 cm³/mol. The van der Waals surface area contributed by atoms with Gasteiger partial charge in [0.15, 0.2) is 0 Å². The fourth-order valence-corrected chi connectivity index (χ4v) is 1.50. The van der Waals surface area contributed by atoms with E-state index in [-0.39, 0.29) is 0 Å². The molecule has 0 nitrogen and oxygen atoms in total. The predicted octanol–water partition coefficient (Wildman–Crippen LogP) is 5.91. The molecule has 0 N–H and O–H groups in total. The molecule has 0 spiro atoms. The molecule has 0 aliphatic heterocycles. The minimum Gasteiger partial charge on any atom is -0.0683 e. The third-order valence-electron chi connectivity index (χ3n) is 2.54. The van der Waals surface area contributed by atoms with Gasteiger partial charge in [-0.15, -0.1) is 0 Å². The fourth-order valence-electron chi connectivity index (χ4n) is 1.50. The molecule has 0 heterocycles. The summed E-state index contributed by atoms with van der Waals surface area (Å²) >= 11 is 0. The van der Waals surface area contributed by atoms with E-state index in [1.807, 2.05) is 41.5 Å². The second kappa shape index (κ2) is 18.7. The van der Waals surface area contributed by atoms with E-state index in [9.17, 15) is 0 Å². The summed E-state index contributed by atoms with van der Waals surface area (Å²) < 4.78 is 0. The van der Waals surface area contributed by atoms with Crippen LogP contribution in [0.15, 0.2) is 0 Å². The van der Waals surface area contributed by atoms with Crippen molar-refractivity contribution in [1.29, 1.82) is 0 Å². The molecule has 0 bridgehead atoms. The van der Waals surface area contributed by atoms with Gasteiger partial charge in [-0.1, -0.05) is 81.1 Å². The van der Waals surface area contributed by atoms with Crippen LogP contribution in [0.1, 0.15) is 81.1 Å². The van der Waals surface area contributed by atoms with Gasteiger partial charge in [-0.2, -0.15) is 0 Å². The van der Waals surface area contributed by atoms with E-state index in [0.717, 1.165) is 11.8 Å². The van der Waals surface area contributed by atoms with Gasteiger partial charge in [-0.25, -0.2) is 0 Å². The van der Waals surface area contributed by atoms with Crippen LogP contribution in [0.4, 0.5) is 0 Å². The summed E-state index contributed by atoms with van der Waals surface area (Å²) in [6.07, 6.45) is 5.90. The smallest absolute Gasteiger partial charge is 0.0417 e. The molecule has 0 aromatic rings. The number of hydrogen-bond donors (Lipinski definition) is 0. The Hall–Kier alpha value is 0. The molecule has 1 rings (SSSR count). The molecule has 0 heteroatoms. The van der Waals surface area contributed by atoms with Gasteiger partial charge in [0, 0.05) is 0 Å². The van der Waals surface area contributed by atoms with E-state index in [1.54, 1.807) is 0 Å². The van der Waals surface area contributed by atoms with Crippen molar-refractivity contribution < 1.29 is 0 Å². The lowest BCUT2D eigenvalue weighted by Gasteiger charge is -2.24. The Bertz CT molecular complexity index is 56.4. The summed E-state index contributed by atoms with van der Waals surface area (Å²) in [5.74, 6) is 2.01. The largest absolute Gasteiger partial charge is 0.0683 e. The SMILES string of the molecule is CC.CC.CC.CC1CCCCC1C. The summed E-state index contributed by atoms with van der Waals surface area (Å²) in [5, 5.41) is 0. The molecule has 1 saturated carbocycles. The van der Waals surface area contributed by atoms with Crippen molar-refractivity contribution >= 4 is 0 Å². The van der Waals surface area contributed by atoms with Crippen molar-refractivity contribution in [2.75, 3.05) is 0 Å². The highest BCUT2D eigenvalue weighted by Gasteiger charge is 2.15. The maximum atomic E-state index is 2.38.